The fraction of sp³-hybridized carbons (Fsp3) is 0.452. The van der Waals surface area contributed by atoms with Crippen molar-refractivity contribution < 1.29 is 4.48 Å². The summed E-state index contributed by atoms with van der Waals surface area (Å²) in [5, 5.41) is 0. The zero-order valence-corrected chi connectivity index (χ0v) is 24.1. The highest BCUT2D eigenvalue weighted by molar-refractivity contribution is 6.62. The largest absolute Gasteiger partial charge is 0.642 e. The molecule has 3 aromatic rings. The average Bonchev–Trinajstić information content (AvgIpc) is 3.35. The highest BCUT2D eigenvalue weighted by Crippen LogP contribution is 2.46. The third-order valence-corrected chi connectivity index (χ3v) is 7.77. The molecule has 2 aliphatic rings. The molecule has 2 aromatic carbocycles. The smallest absolute Gasteiger partial charge is 0.327 e. The van der Waals surface area contributed by atoms with E-state index >= 15 is 0 Å². The lowest BCUT2D eigenvalue weighted by Gasteiger charge is -2.38. The van der Waals surface area contributed by atoms with Crippen LogP contribution in [-0.4, -0.2) is 11.7 Å². The fourth-order valence-corrected chi connectivity index (χ4v) is 5.73. The molecule has 3 heterocycles. The summed E-state index contributed by atoms with van der Waals surface area (Å²) in [5.41, 5.74) is 9.48. The van der Waals surface area contributed by atoms with Crippen LogP contribution in [0.15, 0.2) is 55.1 Å². The van der Waals surface area contributed by atoms with Gasteiger partial charge in [-0.25, -0.2) is 4.57 Å². The lowest BCUT2D eigenvalue weighted by molar-refractivity contribution is -0.526. The first kappa shape index (κ1) is 24.7. The summed E-state index contributed by atoms with van der Waals surface area (Å²) in [6, 6.07) is 11.6. The van der Waals surface area contributed by atoms with E-state index in [-0.39, 0.29) is 23.4 Å². The molecule has 5 heteroatoms. The minimum absolute atomic E-state index is 0.00873. The van der Waals surface area contributed by atoms with Gasteiger partial charge in [-0.2, -0.15) is 0 Å². The van der Waals surface area contributed by atoms with Crippen molar-refractivity contribution in [3.63, 3.8) is 0 Å². The monoisotopic (exact) mass is 481 g/mol. The van der Waals surface area contributed by atoms with Gasteiger partial charge in [0.05, 0.1) is 12.6 Å². The lowest BCUT2D eigenvalue weighted by atomic mass is 9.72. The van der Waals surface area contributed by atoms with Gasteiger partial charge in [0.25, 0.3) is 5.82 Å². The number of aromatic nitrogens is 2. The molecule has 36 heavy (non-hydrogen) atoms. The first-order valence-electron chi connectivity index (χ1n) is 13.2. The SMILES string of the molecule is Cc1cccc2c1-c1n(C)cc[n+]1B1N2C=CN1c1c(C(C)(C)C)cc(C(C)(C)C)cc1C(C)(C)C. The molecular weight excluding hydrogens is 439 g/mol. The van der Waals surface area contributed by atoms with Crippen LogP contribution >= 0.6 is 0 Å². The molecule has 0 atom stereocenters. The van der Waals surface area contributed by atoms with Crippen molar-refractivity contribution in [1.29, 1.82) is 0 Å². The van der Waals surface area contributed by atoms with E-state index in [1.54, 1.807) is 0 Å². The number of fused-ring (bicyclic) bond motifs is 6. The van der Waals surface area contributed by atoms with Gasteiger partial charge in [0, 0.05) is 23.8 Å². The Labute approximate surface area is 218 Å². The maximum absolute atomic E-state index is 2.52. The second-order valence-electron chi connectivity index (χ2n) is 13.7. The lowest BCUT2D eigenvalue weighted by Crippen LogP contribution is -2.69. The molecule has 0 aliphatic carbocycles. The molecule has 2 aliphatic heterocycles. The van der Waals surface area contributed by atoms with Gasteiger partial charge in [0.2, 0.25) is 0 Å². The quantitative estimate of drug-likeness (QED) is 0.354. The molecule has 0 unspecified atom stereocenters. The third-order valence-electron chi connectivity index (χ3n) is 7.77. The van der Waals surface area contributed by atoms with Gasteiger partial charge in [-0.1, -0.05) is 86.6 Å². The van der Waals surface area contributed by atoms with Crippen LogP contribution < -0.4 is 14.1 Å². The Kier molecular flexibility index (Phi) is 5.34. The maximum Gasteiger partial charge on any atom is 0.642 e. The standard InChI is InChI=1S/C31H42BN4/c1-21-13-12-14-25-26(21)28-33(11)15-16-36(28)32-34(25)17-18-35(32)27-23(30(5,6)7)19-22(29(2,3)4)20-24(27)31(8,9)10/h12-20H,1-11H3/q+1. The highest BCUT2D eigenvalue weighted by atomic mass is 15.4. The van der Waals surface area contributed by atoms with Crippen molar-refractivity contribution >= 4 is 18.5 Å². The van der Waals surface area contributed by atoms with Crippen molar-refractivity contribution in [2.75, 3.05) is 9.62 Å². The molecule has 0 N–H and O–H groups in total. The van der Waals surface area contributed by atoms with Crippen molar-refractivity contribution in [2.24, 2.45) is 7.05 Å². The molecule has 0 amide bonds. The topological polar surface area (TPSA) is 15.3 Å². The summed E-state index contributed by atoms with van der Waals surface area (Å²) in [7, 11) is 2.17. The van der Waals surface area contributed by atoms with Crippen LogP contribution in [0.3, 0.4) is 0 Å². The Hall–Kier alpha value is -2.95. The summed E-state index contributed by atoms with van der Waals surface area (Å²) in [4.78, 5) is 4.95. The molecule has 0 saturated carbocycles. The molecule has 0 saturated heterocycles. The number of anilines is 2. The van der Waals surface area contributed by atoms with E-state index < -0.39 is 0 Å². The van der Waals surface area contributed by atoms with E-state index in [0.29, 0.717) is 0 Å². The average molecular weight is 482 g/mol. The maximum atomic E-state index is 2.52. The van der Waals surface area contributed by atoms with E-state index in [9.17, 15) is 0 Å². The Morgan fingerprint density at radius 1 is 0.778 bits per heavy atom. The molecule has 0 spiro atoms. The summed E-state index contributed by atoms with van der Waals surface area (Å²) in [5.74, 6) is 1.25. The summed E-state index contributed by atoms with van der Waals surface area (Å²) in [6.45, 7) is 23.3. The van der Waals surface area contributed by atoms with Crippen LogP contribution in [-0.2, 0) is 23.3 Å². The number of rotatable bonds is 1. The first-order valence-corrected chi connectivity index (χ1v) is 13.2. The van der Waals surface area contributed by atoms with Gasteiger partial charge in [-0.05, 0) is 51.5 Å². The second-order valence-corrected chi connectivity index (χ2v) is 13.7. The van der Waals surface area contributed by atoms with E-state index in [4.69, 9.17) is 0 Å². The summed E-state index contributed by atoms with van der Waals surface area (Å²) < 4.78 is 4.70. The van der Waals surface area contributed by atoms with Crippen LogP contribution in [0, 0.1) is 6.92 Å². The number of hydrogen-bond donors (Lipinski definition) is 0. The second kappa shape index (κ2) is 7.78. The molecule has 188 valence electrons. The van der Waals surface area contributed by atoms with E-state index in [1.807, 2.05) is 0 Å². The number of hydrogen-bond acceptors (Lipinski definition) is 2. The number of nitrogens with zero attached hydrogens (tertiary/aromatic N) is 4. The number of aryl methyl sites for hydroxylation is 2. The highest BCUT2D eigenvalue weighted by Gasteiger charge is 2.52. The zero-order valence-electron chi connectivity index (χ0n) is 24.1. The Morgan fingerprint density at radius 2 is 1.36 bits per heavy atom. The van der Waals surface area contributed by atoms with Crippen molar-refractivity contribution in [2.45, 2.75) is 85.5 Å². The van der Waals surface area contributed by atoms with Crippen LogP contribution in [0.1, 0.15) is 84.6 Å². The van der Waals surface area contributed by atoms with Crippen LogP contribution in [0.2, 0.25) is 0 Å². The van der Waals surface area contributed by atoms with Crippen LogP contribution in [0.4, 0.5) is 11.4 Å². The van der Waals surface area contributed by atoms with E-state index in [1.165, 1.54) is 45.0 Å². The molecule has 0 radical (unpaired) electrons. The van der Waals surface area contributed by atoms with Gasteiger partial charge in [0.15, 0.2) is 0 Å². The molecule has 4 nitrogen and oxygen atoms in total. The number of imidazole rings is 1. The molecule has 0 bridgehead atoms. The van der Waals surface area contributed by atoms with Gasteiger partial charge < -0.3 is 9.62 Å². The first-order chi connectivity index (χ1) is 16.6. The van der Waals surface area contributed by atoms with Crippen molar-refractivity contribution in [3.8, 4) is 11.4 Å². The van der Waals surface area contributed by atoms with E-state index in [2.05, 4.69) is 150 Å². The predicted molar refractivity (Wildman–Crippen MR) is 154 cm³/mol. The molecule has 1 aromatic heterocycles. The third kappa shape index (κ3) is 3.70. The van der Waals surface area contributed by atoms with Gasteiger partial charge in [-0.3, -0.25) is 4.48 Å². The summed E-state index contributed by atoms with van der Waals surface area (Å²) >= 11 is 0. The van der Waals surface area contributed by atoms with Crippen molar-refractivity contribution in [3.05, 3.63) is 77.4 Å². The Bertz CT molecular complexity index is 1340. The summed E-state index contributed by atoms with van der Waals surface area (Å²) in [6.07, 6.45) is 8.98. The fourth-order valence-electron chi connectivity index (χ4n) is 5.73. The Balaban J connectivity index is 1.81. The van der Waals surface area contributed by atoms with Crippen LogP contribution in [0.25, 0.3) is 11.4 Å². The molecule has 0 fully saturated rings. The Morgan fingerprint density at radius 3 is 1.92 bits per heavy atom. The zero-order chi connectivity index (χ0) is 26.4. The van der Waals surface area contributed by atoms with Gasteiger partial charge in [-0.15, -0.1) is 0 Å². The minimum atomic E-state index is -0.00873. The molecular formula is C31H42BN4+. The minimum Gasteiger partial charge on any atom is -0.327 e. The normalized spacial score (nSPS) is 15.4. The van der Waals surface area contributed by atoms with E-state index in [0.717, 1.165) is 0 Å². The van der Waals surface area contributed by atoms with Gasteiger partial charge in [0.1, 0.15) is 12.4 Å². The number of benzene rings is 2. The predicted octanol–water partition coefficient (Wildman–Crippen LogP) is 6.82. The van der Waals surface area contributed by atoms with Crippen molar-refractivity contribution in [1.82, 2.24) is 4.57 Å². The van der Waals surface area contributed by atoms with Gasteiger partial charge >= 0.3 is 7.12 Å². The van der Waals surface area contributed by atoms with Crippen LogP contribution in [0.5, 0.6) is 0 Å². The molecule has 5 rings (SSSR count).